The first-order valence-electron chi connectivity index (χ1n) is 13.0. The van der Waals surface area contributed by atoms with Crippen LogP contribution in [0.4, 0.5) is 0 Å². The Hall–Kier alpha value is -2.19. The van der Waals surface area contributed by atoms with Crippen molar-refractivity contribution in [1.29, 1.82) is 0 Å². The lowest BCUT2D eigenvalue weighted by atomic mass is 9.77. The quantitative estimate of drug-likeness (QED) is 0.433. The van der Waals surface area contributed by atoms with E-state index in [1.165, 1.54) is 5.56 Å². The molecular formula is C29H41BN2O4. The molecule has 0 saturated carbocycles. The van der Waals surface area contributed by atoms with Crippen molar-refractivity contribution in [2.45, 2.75) is 85.7 Å². The lowest BCUT2D eigenvalue weighted by molar-refractivity contribution is 0.00578. The third kappa shape index (κ3) is 4.63. The smallest absolute Gasteiger partial charge is 0.399 e. The highest BCUT2D eigenvalue weighted by Crippen LogP contribution is 2.41. The number of nitrogens with zero attached hydrogens (tertiary/aromatic N) is 2. The van der Waals surface area contributed by atoms with Gasteiger partial charge in [-0.05, 0) is 82.6 Å². The molecular weight excluding hydrogens is 451 g/mol. The van der Waals surface area contributed by atoms with Crippen LogP contribution in [0.2, 0.25) is 0 Å². The van der Waals surface area contributed by atoms with E-state index >= 15 is 0 Å². The summed E-state index contributed by atoms with van der Waals surface area (Å²) in [5.74, 6) is 0. The second-order valence-corrected chi connectivity index (χ2v) is 11.7. The maximum atomic E-state index is 10.2. The minimum Gasteiger partial charge on any atom is -0.399 e. The van der Waals surface area contributed by atoms with E-state index in [-0.39, 0.29) is 18.1 Å². The largest absolute Gasteiger partial charge is 0.494 e. The van der Waals surface area contributed by atoms with Gasteiger partial charge >= 0.3 is 7.12 Å². The van der Waals surface area contributed by atoms with Crippen molar-refractivity contribution < 1.29 is 19.2 Å². The maximum absolute atomic E-state index is 10.2. The second-order valence-electron chi connectivity index (χ2n) is 11.7. The molecule has 3 aromatic rings. The molecule has 0 spiro atoms. The molecule has 1 saturated heterocycles. The molecule has 0 aliphatic carbocycles. The minimum atomic E-state index is -0.436. The molecule has 2 aromatic heterocycles. The van der Waals surface area contributed by atoms with Gasteiger partial charge in [0.05, 0.1) is 28.7 Å². The van der Waals surface area contributed by atoms with Gasteiger partial charge < -0.3 is 23.7 Å². The summed E-state index contributed by atoms with van der Waals surface area (Å²) < 4.78 is 20.8. The summed E-state index contributed by atoms with van der Waals surface area (Å²) in [7, 11) is 1.28. The van der Waals surface area contributed by atoms with Crippen LogP contribution < -0.4 is 5.46 Å². The zero-order chi connectivity index (χ0) is 26.5. The lowest BCUT2D eigenvalue weighted by Crippen LogP contribution is -2.41. The zero-order valence-electron chi connectivity index (χ0n) is 23.3. The zero-order valence-corrected chi connectivity index (χ0v) is 23.3. The molecule has 0 amide bonds. The molecule has 194 valence electrons. The Morgan fingerprint density at radius 2 is 1.81 bits per heavy atom. The molecule has 1 aliphatic heterocycles. The molecule has 1 fully saturated rings. The van der Waals surface area contributed by atoms with E-state index < -0.39 is 18.3 Å². The number of aromatic nitrogens is 2. The van der Waals surface area contributed by atoms with Crippen LogP contribution in [0.3, 0.4) is 0 Å². The molecule has 7 heteroatoms. The van der Waals surface area contributed by atoms with Gasteiger partial charge in [0.25, 0.3) is 0 Å². The Morgan fingerprint density at radius 1 is 1.14 bits per heavy atom. The van der Waals surface area contributed by atoms with E-state index in [4.69, 9.17) is 19.0 Å². The average Bonchev–Trinajstić information content (AvgIpc) is 3.26. The first-order valence-corrected chi connectivity index (χ1v) is 13.0. The standard InChI is InChI=1S/C29H41BN2O4/c1-10-32-24-14-13-20(30-35-28(5,6)29(7,8)36-30)16-22(24)23(17-27(3,4)18-33)26(32)21-12-11-15-31-25(21)19(2)34-9/h11-16,19,33H,10,17-18H2,1-9H3/t19-/m0/s1. The van der Waals surface area contributed by atoms with E-state index in [1.807, 2.05) is 19.2 Å². The molecule has 0 unspecified atom stereocenters. The number of hydrogen-bond acceptors (Lipinski definition) is 5. The summed E-state index contributed by atoms with van der Waals surface area (Å²) >= 11 is 0. The van der Waals surface area contributed by atoms with Crippen molar-refractivity contribution >= 4 is 23.5 Å². The first kappa shape index (κ1) is 26.9. The predicted molar refractivity (Wildman–Crippen MR) is 147 cm³/mol. The van der Waals surface area contributed by atoms with Crippen molar-refractivity contribution in [2.24, 2.45) is 5.41 Å². The summed E-state index contributed by atoms with van der Waals surface area (Å²) in [5.41, 5.74) is 5.34. The Morgan fingerprint density at radius 3 is 2.39 bits per heavy atom. The van der Waals surface area contributed by atoms with E-state index in [9.17, 15) is 5.11 Å². The van der Waals surface area contributed by atoms with Crippen LogP contribution in [0, 0.1) is 5.41 Å². The minimum absolute atomic E-state index is 0.0938. The second kappa shape index (κ2) is 9.60. The van der Waals surface area contributed by atoms with Gasteiger partial charge in [-0.2, -0.15) is 0 Å². The molecule has 1 N–H and O–H groups in total. The van der Waals surface area contributed by atoms with Crippen molar-refractivity contribution in [2.75, 3.05) is 13.7 Å². The number of methoxy groups -OCH3 is 1. The van der Waals surface area contributed by atoms with E-state index in [0.29, 0.717) is 6.42 Å². The maximum Gasteiger partial charge on any atom is 0.494 e. The Balaban J connectivity index is 1.98. The van der Waals surface area contributed by atoms with Crippen LogP contribution in [0.5, 0.6) is 0 Å². The van der Waals surface area contributed by atoms with Gasteiger partial charge in [0.2, 0.25) is 0 Å². The summed E-state index contributed by atoms with van der Waals surface area (Å²) in [6, 6.07) is 10.6. The van der Waals surface area contributed by atoms with Gasteiger partial charge in [0.15, 0.2) is 0 Å². The number of fused-ring (bicyclic) bond motifs is 1. The Bertz CT molecular complexity index is 1230. The van der Waals surface area contributed by atoms with Crippen molar-refractivity contribution in [3.05, 3.63) is 47.8 Å². The molecule has 6 nitrogen and oxygen atoms in total. The number of ether oxygens (including phenoxy) is 1. The van der Waals surface area contributed by atoms with Gasteiger partial charge in [-0.1, -0.05) is 26.0 Å². The van der Waals surface area contributed by atoms with Crippen molar-refractivity contribution in [3.8, 4) is 11.3 Å². The number of benzene rings is 1. The highest BCUT2D eigenvalue weighted by atomic mass is 16.7. The highest BCUT2D eigenvalue weighted by Gasteiger charge is 2.51. The molecule has 0 radical (unpaired) electrons. The van der Waals surface area contributed by atoms with E-state index in [0.717, 1.165) is 39.9 Å². The topological polar surface area (TPSA) is 65.7 Å². The molecule has 1 aliphatic rings. The van der Waals surface area contributed by atoms with Gasteiger partial charge in [-0.25, -0.2) is 0 Å². The van der Waals surface area contributed by atoms with E-state index in [2.05, 4.69) is 77.3 Å². The van der Waals surface area contributed by atoms with Gasteiger partial charge in [0, 0.05) is 42.9 Å². The van der Waals surface area contributed by atoms with Crippen LogP contribution in [0.1, 0.15) is 72.8 Å². The number of pyridine rings is 1. The average molecular weight is 492 g/mol. The highest BCUT2D eigenvalue weighted by molar-refractivity contribution is 6.62. The number of aryl methyl sites for hydroxylation is 1. The molecule has 1 atom stereocenters. The fourth-order valence-corrected chi connectivity index (χ4v) is 4.97. The first-order chi connectivity index (χ1) is 16.9. The van der Waals surface area contributed by atoms with Crippen molar-refractivity contribution in [1.82, 2.24) is 9.55 Å². The fraction of sp³-hybridized carbons (Fsp3) is 0.552. The molecule has 4 rings (SSSR count). The summed E-state index contributed by atoms with van der Waals surface area (Å²) in [5, 5.41) is 11.4. The Labute approximate surface area is 216 Å². The van der Waals surface area contributed by atoms with Crippen molar-refractivity contribution in [3.63, 3.8) is 0 Å². The van der Waals surface area contributed by atoms with Gasteiger partial charge in [-0.3, -0.25) is 4.98 Å². The summed E-state index contributed by atoms with van der Waals surface area (Å²) in [6.07, 6.45) is 2.38. The molecule has 1 aromatic carbocycles. The van der Waals surface area contributed by atoms with Gasteiger partial charge in [0.1, 0.15) is 0 Å². The molecule has 3 heterocycles. The van der Waals surface area contributed by atoms with Crippen LogP contribution in [-0.4, -0.2) is 46.7 Å². The number of hydrogen-bond donors (Lipinski definition) is 1. The summed E-state index contributed by atoms with van der Waals surface area (Å²) in [4.78, 5) is 4.71. The number of aliphatic hydroxyl groups is 1. The third-order valence-electron chi connectivity index (χ3n) is 7.95. The fourth-order valence-electron chi connectivity index (χ4n) is 4.97. The molecule has 36 heavy (non-hydrogen) atoms. The Kier molecular flexibility index (Phi) is 7.17. The van der Waals surface area contributed by atoms with Crippen LogP contribution in [-0.2, 0) is 27.0 Å². The monoisotopic (exact) mass is 492 g/mol. The number of rotatable bonds is 8. The SMILES string of the molecule is CCn1c(-c2cccnc2[C@H](C)OC)c(CC(C)(C)CO)c2cc(B3OC(C)(C)C(C)(C)O3)ccc21. The molecule has 0 bridgehead atoms. The van der Waals surface area contributed by atoms with Gasteiger partial charge in [-0.15, -0.1) is 0 Å². The lowest BCUT2D eigenvalue weighted by Gasteiger charge is -2.32. The van der Waals surface area contributed by atoms with Crippen LogP contribution >= 0.6 is 0 Å². The number of aliphatic hydroxyl groups excluding tert-OH is 1. The summed E-state index contributed by atoms with van der Waals surface area (Å²) in [6.45, 7) is 17.6. The van der Waals surface area contributed by atoms with Crippen LogP contribution in [0.25, 0.3) is 22.2 Å². The predicted octanol–water partition coefficient (Wildman–Crippen LogP) is 5.29. The van der Waals surface area contributed by atoms with E-state index in [1.54, 1.807) is 7.11 Å². The normalized spacial score (nSPS) is 18.2. The van der Waals surface area contributed by atoms with Crippen LogP contribution in [0.15, 0.2) is 36.5 Å². The third-order valence-corrected chi connectivity index (χ3v) is 7.95.